The Morgan fingerprint density at radius 3 is 2.59 bits per heavy atom. The lowest BCUT2D eigenvalue weighted by Gasteiger charge is -2.35. The number of amides is 1. The number of aliphatic imine (C=N–C) groups is 1. The molecule has 1 rings (SSSR count). The quantitative estimate of drug-likeness (QED) is 0.235. The topological polar surface area (TPSA) is 133 Å². The molecule has 0 aromatic carbocycles. The summed E-state index contributed by atoms with van der Waals surface area (Å²) in [6, 6.07) is 0.263. The lowest BCUT2D eigenvalue weighted by Crippen LogP contribution is -2.50. The molecule has 1 aliphatic rings. The van der Waals surface area contributed by atoms with Crippen LogP contribution in [0.2, 0.25) is 0 Å². The van der Waals surface area contributed by atoms with Crippen molar-refractivity contribution in [3.05, 3.63) is 0 Å². The minimum atomic E-state index is -0.521. The summed E-state index contributed by atoms with van der Waals surface area (Å²) in [6.07, 6.45) is 3.15. The first-order chi connectivity index (χ1) is 10.4. The van der Waals surface area contributed by atoms with Crippen LogP contribution < -0.4 is 16.8 Å². The molecule has 126 valence electrons. The van der Waals surface area contributed by atoms with Crippen LogP contribution in [0.1, 0.15) is 39.5 Å². The summed E-state index contributed by atoms with van der Waals surface area (Å²) in [7, 11) is 0. The van der Waals surface area contributed by atoms with Crippen LogP contribution in [0.15, 0.2) is 10.1 Å². The first-order valence-corrected chi connectivity index (χ1v) is 7.91. The van der Waals surface area contributed by atoms with Crippen LogP contribution in [0.25, 0.3) is 0 Å². The van der Waals surface area contributed by atoms with E-state index in [1.807, 2.05) is 0 Å². The summed E-state index contributed by atoms with van der Waals surface area (Å²) in [5.74, 6) is -0.139. The van der Waals surface area contributed by atoms with Crippen LogP contribution in [0.4, 0.5) is 0 Å². The Morgan fingerprint density at radius 2 is 2.05 bits per heavy atom. The predicted molar refractivity (Wildman–Crippen MR) is 86.7 cm³/mol. The number of piperidine rings is 1. The van der Waals surface area contributed by atoms with Crippen LogP contribution >= 0.6 is 0 Å². The number of guanidine groups is 1. The smallest absolute Gasteiger partial charge is 0.237 e. The van der Waals surface area contributed by atoms with Crippen LogP contribution in [-0.4, -0.2) is 54.5 Å². The van der Waals surface area contributed by atoms with E-state index in [0.29, 0.717) is 25.4 Å². The molecule has 0 aromatic rings. The summed E-state index contributed by atoms with van der Waals surface area (Å²) >= 11 is 0. The standard InChI is InChI=1S/C14H29N7O/c1-10(2)21-8-5-11(6-9-21)19-13(22)12(15)4-3-7-18-14(16)20-17/h10-12,17H,3-9,15H2,1-2H3,(H2,16,18)(H,19,22)/t12-/m0/s1. The third-order valence-corrected chi connectivity index (χ3v) is 4.00. The number of nitrogens with one attached hydrogen (secondary N) is 2. The van der Waals surface area contributed by atoms with Gasteiger partial charge in [0.25, 0.3) is 0 Å². The van der Waals surface area contributed by atoms with Gasteiger partial charge in [0.15, 0.2) is 0 Å². The second kappa shape index (κ2) is 9.47. The van der Waals surface area contributed by atoms with Gasteiger partial charge in [0.05, 0.1) is 6.04 Å². The summed E-state index contributed by atoms with van der Waals surface area (Å²) in [4.78, 5) is 18.3. The molecule has 0 spiro atoms. The SMILES string of the molecule is CC(C)N1CCC(NC(=O)[C@@H](N)CCCN=C(N)N=N)CC1. The molecule has 0 radical (unpaired) electrons. The fraction of sp³-hybridized carbons (Fsp3) is 0.857. The van der Waals surface area contributed by atoms with Crippen molar-refractivity contribution in [1.29, 1.82) is 5.53 Å². The van der Waals surface area contributed by atoms with Gasteiger partial charge in [-0.25, -0.2) is 5.53 Å². The molecule has 6 N–H and O–H groups in total. The third-order valence-electron chi connectivity index (χ3n) is 4.00. The normalized spacial score (nSPS) is 19.2. The van der Waals surface area contributed by atoms with E-state index in [1.54, 1.807) is 0 Å². The van der Waals surface area contributed by atoms with Crippen molar-refractivity contribution in [1.82, 2.24) is 10.2 Å². The van der Waals surface area contributed by atoms with Crippen molar-refractivity contribution in [2.45, 2.75) is 57.7 Å². The summed E-state index contributed by atoms with van der Waals surface area (Å²) < 4.78 is 0. The van der Waals surface area contributed by atoms with E-state index in [-0.39, 0.29) is 17.9 Å². The maximum atomic E-state index is 12.1. The average Bonchev–Trinajstić information content (AvgIpc) is 2.51. The van der Waals surface area contributed by atoms with Gasteiger partial charge in [0.2, 0.25) is 11.9 Å². The van der Waals surface area contributed by atoms with E-state index in [2.05, 4.69) is 34.2 Å². The fourth-order valence-corrected chi connectivity index (χ4v) is 2.54. The van der Waals surface area contributed by atoms with Crippen LogP contribution in [0.3, 0.4) is 0 Å². The Kier molecular flexibility index (Phi) is 7.97. The van der Waals surface area contributed by atoms with Crippen LogP contribution in [0, 0.1) is 5.53 Å². The molecule has 0 unspecified atom stereocenters. The molecule has 8 heteroatoms. The highest BCUT2D eigenvalue weighted by Crippen LogP contribution is 2.13. The highest BCUT2D eigenvalue weighted by atomic mass is 16.2. The molecule has 1 atom stereocenters. The van der Waals surface area contributed by atoms with Gasteiger partial charge in [0, 0.05) is 31.7 Å². The molecule has 1 aliphatic heterocycles. The fourth-order valence-electron chi connectivity index (χ4n) is 2.54. The zero-order chi connectivity index (χ0) is 16.5. The van der Waals surface area contributed by atoms with Crippen molar-refractivity contribution in [2.75, 3.05) is 19.6 Å². The zero-order valence-corrected chi connectivity index (χ0v) is 13.6. The van der Waals surface area contributed by atoms with Gasteiger partial charge in [-0.1, -0.05) is 0 Å². The lowest BCUT2D eigenvalue weighted by atomic mass is 10.0. The van der Waals surface area contributed by atoms with Gasteiger partial charge in [-0.15, -0.1) is 5.11 Å². The molecule has 22 heavy (non-hydrogen) atoms. The monoisotopic (exact) mass is 311 g/mol. The van der Waals surface area contributed by atoms with E-state index >= 15 is 0 Å². The van der Waals surface area contributed by atoms with E-state index < -0.39 is 6.04 Å². The Morgan fingerprint density at radius 1 is 1.41 bits per heavy atom. The summed E-state index contributed by atoms with van der Waals surface area (Å²) in [6.45, 7) is 6.85. The average molecular weight is 311 g/mol. The summed E-state index contributed by atoms with van der Waals surface area (Å²) in [5, 5.41) is 6.04. The van der Waals surface area contributed by atoms with E-state index in [9.17, 15) is 4.79 Å². The maximum absolute atomic E-state index is 12.1. The molecule has 0 aliphatic carbocycles. The number of nitrogens with zero attached hydrogens (tertiary/aromatic N) is 3. The van der Waals surface area contributed by atoms with Crippen LogP contribution in [0.5, 0.6) is 0 Å². The van der Waals surface area contributed by atoms with Gasteiger partial charge in [-0.3, -0.25) is 9.79 Å². The van der Waals surface area contributed by atoms with Gasteiger partial charge < -0.3 is 21.7 Å². The third kappa shape index (κ3) is 6.48. The van der Waals surface area contributed by atoms with Crippen molar-refractivity contribution in [2.24, 2.45) is 21.6 Å². The molecular weight excluding hydrogens is 282 g/mol. The lowest BCUT2D eigenvalue weighted by molar-refractivity contribution is -0.123. The van der Waals surface area contributed by atoms with Gasteiger partial charge in [0.1, 0.15) is 0 Å². The highest BCUT2D eigenvalue weighted by molar-refractivity contribution is 5.81. The first kappa shape index (κ1) is 18.5. The number of likely N-dealkylation sites (tertiary alicyclic amines) is 1. The number of carbonyl (C=O) groups excluding carboxylic acids is 1. The van der Waals surface area contributed by atoms with Crippen LogP contribution in [-0.2, 0) is 4.79 Å². The molecular formula is C14H29N7O. The molecule has 8 nitrogen and oxygen atoms in total. The Balaban J connectivity index is 2.23. The molecule has 1 saturated heterocycles. The van der Waals surface area contributed by atoms with Crippen molar-refractivity contribution in [3.8, 4) is 0 Å². The van der Waals surface area contributed by atoms with E-state index in [1.165, 1.54) is 0 Å². The Labute approximate surface area is 132 Å². The van der Waals surface area contributed by atoms with E-state index in [0.717, 1.165) is 25.9 Å². The maximum Gasteiger partial charge on any atom is 0.237 e. The van der Waals surface area contributed by atoms with Crippen molar-refractivity contribution >= 4 is 11.9 Å². The minimum absolute atomic E-state index is 0.0464. The minimum Gasteiger partial charge on any atom is -0.367 e. The molecule has 0 bridgehead atoms. The Hall–Kier alpha value is -1.54. The number of hydrogen-bond donors (Lipinski definition) is 4. The molecule has 1 heterocycles. The first-order valence-electron chi connectivity index (χ1n) is 7.91. The number of nitrogens with two attached hydrogens (primary N) is 2. The molecule has 1 fully saturated rings. The second-order valence-corrected chi connectivity index (χ2v) is 6.01. The largest absolute Gasteiger partial charge is 0.367 e. The predicted octanol–water partition coefficient (Wildman–Crippen LogP) is 0.429. The number of hydrogen-bond acceptors (Lipinski definition) is 5. The number of rotatable bonds is 7. The van der Waals surface area contributed by atoms with E-state index in [4.69, 9.17) is 17.0 Å². The second-order valence-electron chi connectivity index (χ2n) is 6.01. The van der Waals surface area contributed by atoms with Crippen molar-refractivity contribution in [3.63, 3.8) is 0 Å². The number of carbonyl (C=O) groups is 1. The van der Waals surface area contributed by atoms with Gasteiger partial charge in [-0.05, 0) is 39.5 Å². The molecule has 0 aromatic heterocycles. The molecule has 1 amide bonds. The molecule has 0 saturated carbocycles. The van der Waals surface area contributed by atoms with Gasteiger partial charge in [-0.2, -0.15) is 0 Å². The zero-order valence-electron chi connectivity index (χ0n) is 13.6. The van der Waals surface area contributed by atoms with Crippen molar-refractivity contribution < 1.29 is 4.79 Å². The summed E-state index contributed by atoms with van der Waals surface area (Å²) in [5.41, 5.74) is 17.8. The Bertz CT molecular complexity index is 389. The van der Waals surface area contributed by atoms with Gasteiger partial charge >= 0.3 is 0 Å². The highest BCUT2D eigenvalue weighted by Gasteiger charge is 2.23.